The highest BCUT2D eigenvalue weighted by atomic mass is 35.5. The van der Waals surface area contributed by atoms with Crippen LogP contribution in [0.25, 0.3) is 0 Å². The predicted molar refractivity (Wildman–Crippen MR) is 103 cm³/mol. The van der Waals surface area contributed by atoms with Crippen molar-refractivity contribution in [2.75, 3.05) is 16.8 Å². The van der Waals surface area contributed by atoms with Gasteiger partial charge in [-0.05, 0) is 31.2 Å². The van der Waals surface area contributed by atoms with Gasteiger partial charge in [-0.15, -0.1) is 0 Å². The van der Waals surface area contributed by atoms with Gasteiger partial charge in [-0.1, -0.05) is 35.5 Å². The van der Waals surface area contributed by atoms with E-state index in [2.05, 4.69) is 10.3 Å². The summed E-state index contributed by atoms with van der Waals surface area (Å²) in [4.78, 5) is 30.1. The first-order valence-corrected chi connectivity index (χ1v) is 9.17. The van der Waals surface area contributed by atoms with Crippen molar-refractivity contribution in [2.24, 2.45) is 4.99 Å². The molecule has 0 radical (unpaired) electrons. The fraction of sp³-hybridized carbons (Fsp3) is 0.167. The Morgan fingerprint density at radius 3 is 2.70 bits per heavy atom. The maximum Gasteiger partial charge on any atom is 0.254 e. The highest BCUT2D eigenvalue weighted by molar-refractivity contribution is 8.15. The Balaban J connectivity index is 1.71. The van der Waals surface area contributed by atoms with Gasteiger partial charge < -0.3 is 5.32 Å². The molecule has 0 unspecified atom stereocenters. The fourth-order valence-electron chi connectivity index (χ4n) is 2.37. The number of amides is 2. The van der Waals surface area contributed by atoms with E-state index in [9.17, 15) is 18.4 Å². The number of halogens is 3. The van der Waals surface area contributed by atoms with Gasteiger partial charge in [0.15, 0.2) is 16.8 Å². The third-order valence-corrected chi connectivity index (χ3v) is 5.13. The second kappa shape index (κ2) is 8.06. The van der Waals surface area contributed by atoms with Gasteiger partial charge in [0.05, 0.1) is 16.0 Å². The third-order valence-electron chi connectivity index (χ3n) is 3.72. The summed E-state index contributed by atoms with van der Waals surface area (Å²) in [5.74, 6) is -2.74. The number of thioether (sulfide) groups is 1. The van der Waals surface area contributed by atoms with Crippen LogP contribution in [-0.4, -0.2) is 28.8 Å². The first kappa shape index (κ1) is 19.3. The van der Waals surface area contributed by atoms with Crippen LogP contribution in [-0.2, 0) is 9.59 Å². The Bertz CT molecular complexity index is 939. The molecule has 0 fully saturated rings. The molecule has 0 bridgehead atoms. The van der Waals surface area contributed by atoms with Gasteiger partial charge in [-0.2, -0.15) is 0 Å². The molecular formula is C18H14ClF2N3O2S. The third kappa shape index (κ3) is 4.28. The van der Waals surface area contributed by atoms with E-state index < -0.39 is 22.8 Å². The Labute approximate surface area is 163 Å². The number of carbonyl (C=O) groups is 2. The van der Waals surface area contributed by atoms with Crippen LogP contribution in [0.4, 0.5) is 20.2 Å². The van der Waals surface area contributed by atoms with Crippen LogP contribution < -0.4 is 10.2 Å². The summed E-state index contributed by atoms with van der Waals surface area (Å²) in [5.41, 5.74) is 0.625. The van der Waals surface area contributed by atoms with E-state index in [4.69, 9.17) is 11.6 Å². The smallest absolute Gasteiger partial charge is 0.254 e. The Morgan fingerprint density at radius 1 is 1.26 bits per heavy atom. The van der Waals surface area contributed by atoms with Crippen molar-refractivity contribution in [2.45, 2.75) is 12.2 Å². The second-order valence-electron chi connectivity index (χ2n) is 5.66. The van der Waals surface area contributed by atoms with E-state index in [-0.39, 0.29) is 18.1 Å². The quantitative estimate of drug-likeness (QED) is 0.827. The van der Waals surface area contributed by atoms with Crippen molar-refractivity contribution < 1.29 is 18.4 Å². The molecule has 2 aromatic rings. The molecule has 2 amide bonds. The van der Waals surface area contributed by atoms with Gasteiger partial charge in [0.25, 0.3) is 5.91 Å². The molecule has 1 N–H and O–H groups in total. The average Bonchev–Trinajstić information content (AvgIpc) is 2.99. The number of aliphatic imine (C=N–C) groups is 1. The lowest BCUT2D eigenvalue weighted by atomic mass is 10.3. The van der Waals surface area contributed by atoms with Crippen LogP contribution in [0.3, 0.4) is 0 Å². The topological polar surface area (TPSA) is 61.8 Å². The van der Waals surface area contributed by atoms with E-state index in [1.807, 2.05) is 0 Å². The average molecular weight is 410 g/mol. The number of rotatable bonds is 4. The molecule has 1 atom stereocenters. The zero-order valence-electron chi connectivity index (χ0n) is 14.1. The number of carbonyl (C=O) groups excluding carboxylic acids is 2. The van der Waals surface area contributed by atoms with Crippen LogP contribution >= 0.6 is 23.4 Å². The molecule has 9 heteroatoms. The molecule has 0 spiro atoms. The molecule has 0 aliphatic carbocycles. The van der Waals surface area contributed by atoms with E-state index in [1.165, 1.54) is 11.0 Å². The summed E-state index contributed by atoms with van der Waals surface area (Å²) in [6.45, 7) is 1.58. The van der Waals surface area contributed by atoms with Crippen molar-refractivity contribution in [3.63, 3.8) is 0 Å². The normalized spacial score (nSPS) is 14.9. The fourth-order valence-corrected chi connectivity index (χ4v) is 3.52. The molecule has 1 aliphatic heterocycles. The monoisotopic (exact) mass is 409 g/mol. The number of anilines is 2. The number of benzene rings is 2. The Kier molecular flexibility index (Phi) is 5.76. The molecule has 3 rings (SSSR count). The Hall–Kier alpha value is -2.45. The highest BCUT2D eigenvalue weighted by Crippen LogP contribution is 2.31. The van der Waals surface area contributed by atoms with Crippen LogP contribution in [0.1, 0.15) is 6.92 Å². The minimum atomic E-state index is -1.05. The minimum absolute atomic E-state index is 0.0366. The molecule has 5 nitrogen and oxygen atoms in total. The molecule has 140 valence electrons. The lowest BCUT2D eigenvalue weighted by molar-refractivity contribution is -0.116. The highest BCUT2D eigenvalue weighted by Gasteiger charge is 2.31. The molecule has 2 aromatic carbocycles. The zero-order chi connectivity index (χ0) is 19.6. The van der Waals surface area contributed by atoms with Gasteiger partial charge in [-0.3, -0.25) is 19.5 Å². The van der Waals surface area contributed by atoms with Gasteiger partial charge in [0, 0.05) is 11.8 Å². The Morgan fingerprint density at radius 2 is 2.00 bits per heavy atom. The number of para-hydroxylation sites is 1. The van der Waals surface area contributed by atoms with Gasteiger partial charge >= 0.3 is 0 Å². The van der Waals surface area contributed by atoms with Crippen LogP contribution in [0.15, 0.2) is 47.5 Å². The summed E-state index contributed by atoms with van der Waals surface area (Å²) in [6.07, 6.45) is 0. The summed E-state index contributed by atoms with van der Waals surface area (Å²) in [7, 11) is 0. The number of hydrogen-bond acceptors (Lipinski definition) is 4. The number of amidine groups is 1. The van der Waals surface area contributed by atoms with E-state index in [1.54, 1.807) is 31.2 Å². The van der Waals surface area contributed by atoms with Crippen molar-refractivity contribution in [1.82, 2.24) is 0 Å². The molecule has 27 heavy (non-hydrogen) atoms. The van der Waals surface area contributed by atoms with Gasteiger partial charge in [0.2, 0.25) is 5.91 Å². The van der Waals surface area contributed by atoms with E-state index in [0.29, 0.717) is 15.9 Å². The molecular weight excluding hydrogens is 396 g/mol. The summed E-state index contributed by atoms with van der Waals surface area (Å²) in [5, 5.41) is 2.60. The maximum absolute atomic E-state index is 13.3. The van der Waals surface area contributed by atoms with Gasteiger partial charge in [0.1, 0.15) is 6.54 Å². The molecule has 0 saturated carbocycles. The summed E-state index contributed by atoms with van der Waals surface area (Å²) in [6, 6.07) is 9.93. The van der Waals surface area contributed by atoms with Gasteiger partial charge in [-0.25, -0.2) is 8.78 Å². The number of nitrogens with zero attached hydrogens (tertiary/aromatic N) is 2. The van der Waals surface area contributed by atoms with E-state index >= 15 is 0 Å². The summed E-state index contributed by atoms with van der Waals surface area (Å²) < 4.78 is 26.3. The maximum atomic E-state index is 13.3. The molecule has 0 saturated heterocycles. The van der Waals surface area contributed by atoms with Crippen LogP contribution in [0.5, 0.6) is 0 Å². The standard InChI is InChI=1S/C18H14ClF2N3O2S/c1-10(17(26)23-11-6-7-13(20)14(21)8-11)27-18-22-9-16(25)24(18)15-5-3-2-4-12(15)19/h2-8,10H,9H2,1H3,(H,23,26)/t10-/m1/s1. The molecule has 0 aromatic heterocycles. The summed E-state index contributed by atoms with van der Waals surface area (Å²) >= 11 is 7.24. The first-order valence-electron chi connectivity index (χ1n) is 7.91. The lowest BCUT2D eigenvalue weighted by Gasteiger charge is -2.21. The van der Waals surface area contributed by atoms with Crippen molar-refractivity contribution in [1.29, 1.82) is 0 Å². The minimum Gasteiger partial charge on any atom is -0.325 e. The predicted octanol–water partition coefficient (Wildman–Crippen LogP) is 4.08. The lowest BCUT2D eigenvalue weighted by Crippen LogP contribution is -2.33. The first-order chi connectivity index (χ1) is 12.9. The zero-order valence-corrected chi connectivity index (χ0v) is 15.7. The van der Waals surface area contributed by atoms with Crippen LogP contribution in [0.2, 0.25) is 5.02 Å². The van der Waals surface area contributed by atoms with Crippen molar-refractivity contribution in [3.8, 4) is 0 Å². The number of hydrogen-bond donors (Lipinski definition) is 1. The molecule has 1 heterocycles. The molecule has 1 aliphatic rings. The second-order valence-corrected chi connectivity index (χ2v) is 7.37. The van der Waals surface area contributed by atoms with Crippen molar-refractivity contribution >= 4 is 51.7 Å². The SMILES string of the molecule is C[C@@H](SC1=NCC(=O)N1c1ccccc1Cl)C(=O)Nc1ccc(F)c(F)c1. The van der Waals surface area contributed by atoms with Crippen molar-refractivity contribution in [3.05, 3.63) is 59.1 Å². The van der Waals surface area contributed by atoms with Crippen LogP contribution in [0, 0.1) is 11.6 Å². The van der Waals surface area contributed by atoms with E-state index in [0.717, 1.165) is 23.9 Å². The number of nitrogens with one attached hydrogen (secondary N) is 1. The largest absolute Gasteiger partial charge is 0.325 e.